The zero-order chi connectivity index (χ0) is 18.1. The van der Waals surface area contributed by atoms with Crippen LogP contribution >= 0.6 is 0 Å². The number of nitrogens with zero attached hydrogens (tertiary/aromatic N) is 2. The van der Waals surface area contributed by atoms with Crippen LogP contribution in [0, 0.1) is 17.5 Å². The third-order valence-corrected chi connectivity index (χ3v) is 4.98. The summed E-state index contributed by atoms with van der Waals surface area (Å²) in [4.78, 5) is 1.96. The topological polar surface area (TPSA) is 8.17 Å². The maximum Gasteiger partial charge on any atom is 0.130 e. The molecule has 1 aliphatic rings. The Balaban J connectivity index is 1.80. The predicted octanol–water partition coefficient (Wildman–Crippen LogP) is 4.90. The first-order chi connectivity index (χ1) is 12.6. The van der Waals surface area contributed by atoms with Gasteiger partial charge in [0, 0.05) is 42.7 Å². The number of aryl methyl sites for hydroxylation is 1. The van der Waals surface area contributed by atoms with Crippen molar-refractivity contribution in [3.63, 3.8) is 0 Å². The van der Waals surface area contributed by atoms with Crippen molar-refractivity contribution in [3.05, 3.63) is 95.1 Å². The fourth-order valence-corrected chi connectivity index (χ4v) is 3.75. The summed E-state index contributed by atoms with van der Waals surface area (Å²) in [6.07, 6.45) is 2.79. The monoisotopic (exact) mass is 356 g/mol. The molecule has 5 heteroatoms. The van der Waals surface area contributed by atoms with E-state index in [4.69, 9.17) is 0 Å². The molecule has 1 aliphatic heterocycles. The minimum absolute atomic E-state index is 0.0221. The molecule has 1 unspecified atom stereocenters. The number of hydrogen-bond donors (Lipinski definition) is 0. The molecule has 1 atom stereocenters. The zero-order valence-electron chi connectivity index (χ0n) is 14.2. The highest BCUT2D eigenvalue weighted by Crippen LogP contribution is 2.34. The first kappa shape index (κ1) is 16.9. The van der Waals surface area contributed by atoms with Crippen molar-refractivity contribution >= 4 is 0 Å². The van der Waals surface area contributed by atoms with Crippen LogP contribution in [0.4, 0.5) is 13.2 Å². The summed E-state index contributed by atoms with van der Waals surface area (Å²) in [5.74, 6) is -1.46. The van der Waals surface area contributed by atoms with Gasteiger partial charge in [-0.15, -0.1) is 0 Å². The molecule has 0 N–H and O–H groups in total. The molecule has 0 spiro atoms. The highest BCUT2D eigenvalue weighted by Gasteiger charge is 2.30. The highest BCUT2D eigenvalue weighted by molar-refractivity contribution is 5.31. The number of fused-ring (bicyclic) bond motifs is 1. The van der Waals surface area contributed by atoms with Crippen molar-refractivity contribution in [1.29, 1.82) is 0 Å². The van der Waals surface area contributed by atoms with Crippen LogP contribution in [-0.4, -0.2) is 16.0 Å². The number of rotatable bonds is 3. The molecule has 0 amide bonds. The number of hydrogen-bond acceptors (Lipinski definition) is 1. The van der Waals surface area contributed by atoms with Crippen molar-refractivity contribution in [2.75, 3.05) is 6.54 Å². The van der Waals surface area contributed by atoms with Crippen molar-refractivity contribution in [3.8, 4) is 0 Å². The van der Waals surface area contributed by atoms with Gasteiger partial charge in [0.15, 0.2) is 0 Å². The Bertz CT molecular complexity index is 899. The zero-order valence-corrected chi connectivity index (χ0v) is 14.2. The van der Waals surface area contributed by atoms with Crippen LogP contribution in [0.3, 0.4) is 0 Å². The molecule has 0 saturated carbocycles. The molecule has 2 nitrogen and oxygen atoms in total. The molecule has 0 radical (unpaired) electrons. The van der Waals surface area contributed by atoms with E-state index in [0.717, 1.165) is 18.7 Å². The number of benzene rings is 2. The summed E-state index contributed by atoms with van der Waals surface area (Å²) < 4.78 is 45.1. The number of halogens is 3. The van der Waals surface area contributed by atoms with Gasteiger partial charge in [0.1, 0.15) is 17.5 Å². The lowest BCUT2D eigenvalue weighted by molar-refractivity contribution is 0.210. The second-order valence-electron chi connectivity index (χ2n) is 6.57. The van der Waals surface area contributed by atoms with Crippen LogP contribution in [0.1, 0.15) is 29.3 Å². The van der Waals surface area contributed by atoms with Gasteiger partial charge in [-0.05, 0) is 36.8 Å². The van der Waals surface area contributed by atoms with Gasteiger partial charge in [-0.25, -0.2) is 13.2 Å². The lowest BCUT2D eigenvalue weighted by atomic mass is 10.00. The molecular formula is C21H19F3N2. The third kappa shape index (κ3) is 3.03. The molecule has 0 fully saturated rings. The maximum atomic E-state index is 14.6. The second kappa shape index (κ2) is 7.00. The molecule has 2 heterocycles. The van der Waals surface area contributed by atoms with E-state index in [1.165, 1.54) is 24.3 Å². The van der Waals surface area contributed by atoms with Crippen LogP contribution in [0.25, 0.3) is 0 Å². The van der Waals surface area contributed by atoms with Gasteiger partial charge in [-0.3, -0.25) is 4.90 Å². The lowest BCUT2D eigenvalue weighted by Gasteiger charge is -2.31. The molecule has 26 heavy (non-hydrogen) atoms. The predicted molar refractivity (Wildman–Crippen MR) is 94.1 cm³/mol. The standard InChI is InChI=1S/C21H19F3N2/c22-17-7-2-1-6-15(17)21-20-10-4-11-25(20)12-5-13-26(21)14-16-18(23)8-3-9-19(16)24/h1-4,6-11,21H,5,12-14H2. The Hall–Kier alpha value is -2.53. The fourth-order valence-electron chi connectivity index (χ4n) is 3.75. The Labute approximate surface area is 150 Å². The molecule has 4 rings (SSSR count). The molecule has 2 aromatic carbocycles. The average Bonchev–Trinajstić information content (AvgIpc) is 3.01. The Morgan fingerprint density at radius 2 is 1.54 bits per heavy atom. The van der Waals surface area contributed by atoms with Gasteiger partial charge in [-0.1, -0.05) is 24.3 Å². The maximum absolute atomic E-state index is 14.6. The van der Waals surface area contributed by atoms with E-state index in [1.54, 1.807) is 18.2 Å². The summed E-state index contributed by atoms with van der Waals surface area (Å²) >= 11 is 0. The second-order valence-corrected chi connectivity index (χ2v) is 6.57. The summed E-state index contributed by atoms with van der Waals surface area (Å²) in [6.45, 7) is 1.50. The molecule has 0 saturated heterocycles. The van der Waals surface area contributed by atoms with Gasteiger partial charge >= 0.3 is 0 Å². The Morgan fingerprint density at radius 3 is 2.31 bits per heavy atom. The lowest BCUT2D eigenvalue weighted by Crippen LogP contribution is -2.31. The Morgan fingerprint density at radius 1 is 0.808 bits per heavy atom. The minimum Gasteiger partial charge on any atom is -0.350 e. The van der Waals surface area contributed by atoms with Gasteiger partial charge in [-0.2, -0.15) is 0 Å². The van der Waals surface area contributed by atoms with Gasteiger partial charge in [0.2, 0.25) is 0 Å². The molecular weight excluding hydrogens is 337 g/mol. The van der Waals surface area contributed by atoms with Crippen LogP contribution in [0.5, 0.6) is 0 Å². The number of aromatic nitrogens is 1. The van der Waals surface area contributed by atoms with Crippen LogP contribution in [-0.2, 0) is 13.1 Å². The normalized spacial score (nSPS) is 17.7. The van der Waals surface area contributed by atoms with E-state index in [9.17, 15) is 13.2 Å². The molecule has 0 aliphatic carbocycles. The van der Waals surface area contributed by atoms with Crippen LogP contribution < -0.4 is 0 Å². The Kier molecular flexibility index (Phi) is 4.55. The fraction of sp³-hybridized carbons (Fsp3) is 0.238. The third-order valence-electron chi connectivity index (χ3n) is 4.98. The van der Waals surface area contributed by atoms with Crippen LogP contribution in [0.2, 0.25) is 0 Å². The van der Waals surface area contributed by atoms with Gasteiger partial charge < -0.3 is 4.57 Å². The van der Waals surface area contributed by atoms with Crippen molar-refractivity contribution in [2.24, 2.45) is 0 Å². The van der Waals surface area contributed by atoms with E-state index in [0.29, 0.717) is 12.1 Å². The van der Waals surface area contributed by atoms with Gasteiger partial charge in [0.25, 0.3) is 0 Å². The first-order valence-corrected chi connectivity index (χ1v) is 8.71. The van der Waals surface area contributed by atoms with Crippen LogP contribution in [0.15, 0.2) is 60.8 Å². The van der Waals surface area contributed by atoms with Crippen molar-refractivity contribution in [2.45, 2.75) is 25.6 Å². The summed E-state index contributed by atoms with van der Waals surface area (Å²) in [6, 6.07) is 14.0. The first-order valence-electron chi connectivity index (χ1n) is 8.71. The van der Waals surface area contributed by atoms with Crippen molar-refractivity contribution in [1.82, 2.24) is 9.47 Å². The molecule has 134 valence electrons. The van der Waals surface area contributed by atoms with E-state index < -0.39 is 17.7 Å². The molecule has 0 bridgehead atoms. The molecule has 1 aromatic heterocycles. The molecule has 3 aromatic rings. The summed E-state index contributed by atoms with van der Waals surface area (Å²) in [7, 11) is 0. The average molecular weight is 356 g/mol. The highest BCUT2D eigenvalue weighted by atomic mass is 19.1. The van der Waals surface area contributed by atoms with E-state index in [2.05, 4.69) is 4.57 Å². The van der Waals surface area contributed by atoms with E-state index in [-0.39, 0.29) is 17.9 Å². The minimum atomic E-state index is -0.572. The summed E-state index contributed by atoms with van der Waals surface area (Å²) in [5.41, 5.74) is 1.48. The van der Waals surface area contributed by atoms with Gasteiger partial charge in [0.05, 0.1) is 6.04 Å². The largest absolute Gasteiger partial charge is 0.350 e. The summed E-state index contributed by atoms with van der Waals surface area (Å²) in [5, 5.41) is 0. The van der Waals surface area contributed by atoms with E-state index in [1.807, 2.05) is 23.2 Å². The smallest absolute Gasteiger partial charge is 0.130 e. The quantitative estimate of drug-likeness (QED) is 0.648. The van der Waals surface area contributed by atoms with Crippen molar-refractivity contribution < 1.29 is 13.2 Å². The SMILES string of the molecule is Fc1ccccc1C1c2cccn2CCCN1Cc1c(F)cccc1F. The van der Waals surface area contributed by atoms with E-state index >= 15 is 0 Å².